The second-order valence-corrected chi connectivity index (χ2v) is 15.2. The fourth-order valence-electron chi connectivity index (χ4n) is 8.20. The zero-order valence-electron chi connectivity index (χ0n) is 30.2. The Balaban J connectivity index is 1.06. The molecule has 0 atom stereocenters. The monoisotopic (exact) mass is 748 g/mol. The lowest BCUT2D eigenvalue weighted by molar-refractivity contribution is 0.669. The van der Waals surface area contributed by atoms with Gasteiger partial charge in [-0.25, -0.2) is 19.9 Å². The van der Waals surface area contributed by atoms with E-state index >= 15 is 0 Å². The molecule has 0 aliphatic rings. The van der Waals surface area contributed by atoms with Crippen LogP contribution in [0.15, 0.2) is 179 Å². The predicted molar refractivity (Wildman–Crippen MR) is 232 cm³/mol. The number of furan rings is 2. The summed E-state index contributed by atoms with van der Waals surface area (Å²) in [5, 5.41) is 7.28. The molecule has 0 amide bonds. The molecule has 0 radical (unpaired) electrons. The molecule has 0 unspecified atom stereocenters. The van der Waals surface area contributed by atoms with Crippen molar-refractivity contribution in [2.45, 2.75) is 0 Å². The second-order valence-electron chi connectivity index (χ2n) is 14.1. The van der Waals surface area contributed by atoms with Gasteiger partial charge in [-0.05, 0) is 52.2 Å². The third-order valence-electron chi connectivity index (χ3n) is 10.8. The molecule has 7 heteroatoms. The SMILES string of the molecule is c1ccc(-c2nc(-c3ccc(-c4cccc5oc6cc7nc(-c8ccccc8)sc7cc6c45)c4ccccc34)nc(-c3cccc4oc5ccccc5c34)n2)cc1. The van der Waals surface area contributed by atoms with Crippen molar-refractivity contribution in [1.29, 1.82) is 0 Å². The number of nitrogens with zero attached hydrogens (tertiary/aromatic N) is 4. The van der Waals surface area contributed by atoms with Crippen LogP contribution in [0, 0.1) is 0 Å². The predicted octanol–water partition coefficient (Wildman–Crippen LogP) is 13.8. The fourth-order valence-corrected chi connectivity index (χ4v) is 9.19. The molecule has 6 nitrogen and oxygen atoms in total. The molecule has 0 saturated heterocycles. The number of para-hydroxylation sites is 1. The zero-order valence-corrected chi connectivity index (χ0v) is 31.0. The maximum atomic E-state index is 6.54. The summed E-state index contributed by atoms with van der Waals surface area (Å²) in [6, 6.07) is 58.1. The van der Waals surface area contributed by atoms with Crippen LogP contribution in [0.1, 0.15) is 0 Å². The summed E-state index contributed by atoms with van der Waals surface area (Å²) in [6.45, 7) is 0. The number of hydrogen-bond donors (Lipinski definition) is 0. The molecule has 0 saturated carbocycles. The quantitative estimate of drug-likeness (QED) is 0.174. The number of rotatable bonds is 5. The number of thiazole rings is 1. The molecule has 0 aliphatic heterocycles. The highest BCUT2D eigenvalue weighted by Crippen LogP contribution is 2.44. The highest BCUT2D eigenvalue weighted by molar-refractivity contribution is 7.21. The Morgan fingerprint density at radius 1 is 0.351 bits per heavy atom. The average molecular weight is 749 g/mol. The lowest BCUT2D eigenvalue weighted by atomic mass is 9.92. The highest BCUT2D eigenvalue weighted by atomic mass is 32.1. The first-order chi connectivity index (χ1) is 28.2. The van der Waals surface area contributed by atoms with Gasteiger partial charge in [0.05, 0.1) is 10.2 Å². The van der Waals surface area contributed by atoms with Gasteiger partial charge in [0.25, 0.3) is 0 Å². The summed E-state index contributed by atoms with van der Waals surface area (Å²) in [5.74, 6) is 1.79. The molecule has 12 rings (SSSR count). The zero-order chi connectivity index (χ0) is 37.5. The molecule has 0 spiro atoms. The van der Waals surface area contributed by atoms with E-state index in [1.54, 1.807) is 11.3 Å². The highest BCUT2D eigenvalue weighted by Gasteiger charge is 2.21. The van der Waals surface area contributed by atoms with Crippen LogP contribution >= 0.6 is 11.3 Å². The minimum absolute atomic E-state index is 0.587. The van der Waals surface area contributed by atoms with Crippen molar-refractivity contribution in [3.05, 3.63) is 170 Å². The molecule has 4 heterocycles. The van der Waals surface area contributed by atoms with Crippen LogP contribution in [0.5, 0.6) is 0 Å². The van der Waals surface area contributed by atoms with Gasteiger partial charge < -0.3 is 8.83 Å². The second kappa shape index (κ2) is 12.5. The van der Waals surface area contributed by atoms with E-state index in [9.17, 15) is 0 Å². The first-order valence-corrected chi connectivity index (χ1v) is 19.6. The van der Waals surface area contributed by atoms with Gasteiger partial charge in [-0.2, -0.15) is 0 Å². The van der Waals surface area contributed by atoms with E-state index < -0.39 is 0 Å². The molecule has 0 bridgehead atoms. The Bertz CT molecular complexity index is 3530. The van der Waals surface area contributed by atoms with E-state index in [1.165, 1.54) is 0 Å². The normalized spacial score (nSPS) is 11.9. The van der Waals surface area contributed by atoms with Crippen molar-refractivity contribution in [3.63, 3.8) is 0 Å². The standard InChI is InChI=1S/C50H28N4O2S/c1-3-13-29(14-4-1)47-52-48(54-49(53-47)37-21-12-24-42-46(37)36-19-9-10-22-40(36)55-42)35-26-25-33(31-17-7-8-18-32(31)35)34-20-11-23-41-45(34)38-27-44-39(28-43(38)56-41)51-50(57-44)30-15-5-2-6-16-30/h1-28H. The lowest BCUT2D eigenvalue weighted by Crippen LogP contribution is -2.01. The van der Waals surface area contributed by atoms with E-state index in [2.05, 4.69) is 84.9 Å². The number of benzene rings is 8. The van der Waals surface area contributed by atoms with Crippen LogP contribution in [0.2, 0.25) is 0 Å². The lowest BCUT2D eigenvalue weighted by Gasteiger charge is -2.14. The molecular weight excluding hydrogens is 721 g/mol. The molecule has 4 aromatic heterocycles. The largest absolute Gasteiger partial charge is 0.456 e. The summed E-state index contributed by atoms with van der Waals surface area (Å²) in [4.78, 5) is 20.5. The number of fused-ring (bicyclic) bond motifs is 8. The van der Waals surface area contributed by atoms with E-state index in [4.69, 9.17) is 28.8 Å². The molecule has 12 aromatic rings. The Hall–Kier alpha value is -7.48. The van der Waals surface area contributed by atoms with Crippen molar-refractivity contribution in [2.75, 3.05) is 0 Å². The van der Waals surface area contributed by atoms with E-state index in [0.29, 0.717) is 17.5 Å². The Morgan fingerprint density at radius 3 is 1.68 bits per heavy atom. The van der Waals surface area contributed by atoms with Crippen LogP contribution in [-0.4, -0.2) is 19.9 Å². The average Bonchev–Trinajstić information content (AvgIpc) is 3.98. The van der Waals surface area contributed by atoms with Gasteiger partial charge in [0, 0.05) is 49.9 Å². The van der Waals surface area contributed by atoms with Gasteiger partial charge in [-0.1, -0.05) is 133 Å². The minimum Gasteiger partial charge on any atom is -0.456 e. The van der Waals surface area contributed by atoms with Crippen molar-refractivity contribution >= 4 is 76.2 Å². The molecular formula is C50H28N4O2S. The maximum Gasteiger partial charge on any atom is 0.164 e. The summed E-state index contributed by atoms with van der Waals surface area (Å²) in [6.07, 6.45) is 0. The van der Waals surface area contributed by atoms with Crippen LogP contribution < -0.4 is 0 Å². The Labute approximate surface area is 329 Å². The van der Waals surface area contributed by atoms with Crippen molar-refractivity contribution in [3.8, 4) is 55.9 Å². The van der Waals surface area contributed by atoms with Crippen molar-refractivity contribution in [2.24, 2.45) is 0 Å². The van der Waals surface area contributed by atoms with Crippen LogP contribution in [0.25, 0.3) is 121 Å². The van der Waals surface area contributed by atoms with Crippen LogP contribution in [-0.2, 0) is 0 Å². The maximum absolute atomic E-state index is 6.54. The van der Waals surface area contributed by atoms with Gasteiger partial charge in [-0.3, -0.25) is 0 Å². The molecule has 8 aromatic carbocycles. The van der Waals surface area contributed by atoms with Gasteiger partial charge in [0.2, 0.25) is 0 Å². The Morgan fingerprint density at radius 2 is 0.912 bits per heavy atom. The van der Waals surface area contributed by atoms with Crippen LogP contribution in [0.4, 0.5) is 0 Å². The van der Waals surface area contributed by atoms with Gasteiger partial charge in [-0.15, -0.1) is 11.3 Å². The van der Waals surface area contributed by atoms with Gasteiger partial charge in [0.15, 0.2) is 17.5 Å². The van der Waals surface area contributed by atoms with Gasteiger partial charge >= 0.3 is 0 Å². The molecule has 266 valence electrons. The minimum atomic E-state index is 0.587. The Kier molecular flexibility index (Phi) is 7.00. The number of aromatic nitrogens is 4. The number of hydrogen-bond acceptors (Lipinski definition) is 7. The van der Waals surface area contributed by atoms with Gasteiger partial charge in [0.1, 0.15) is 27.3 Å². The van der Waals surface area contributed by atoms with Crippen molar-refractivity contribution < 1.29 is 8.83 Å². The van der Waals surface area contributed by atoms with E-state index in [-0.39, 0.29) is 0 Å². The van der Waals surface area contributed by atoms with E-state index in [1.807, 2.05) is 84.9 Å². The molecule has 57 heavy (non-hydrogen) atoms. The topological polar surface area (TPSA) is 77.8 Å². The first kappa shape index (κ1) is 31.8. The smallest absolute Gasteiger partial charge is 0.164 e. The first-order valence-electron chi connectivity index (χ1n) is 18.8. The third kappa shape index (κ3) is 5.10. The molecule has 0 N–H and O–H groups in total. The summed E-state index contributed by atoms with van der Waals surface area (Å²) in [7, 11) is 0. The van der Waals surface area contributed by atoms with Crippen LogP contribution in [0.3, 0.4) is 0 Å². The third-order valence-corrected chi connectivity index (χ3v) is 11.9. The van der Waals surface area contributed by atoms with E-state index in [0.717, 1.165) is 103 Å². The summed E-state index contributed by atoms with van der Waals surface area (Å²) < 4.78 is 13.9. The van der Waals surface area contributed by atoms with Crippen molar-refractivity contribution in [1.82, 2.24) is 19.9 Å². The fraction of sp³-hybridized carbons (Fsp3) is 0. The summed E-state index contributed by atoms with van der Waals surface area (Å²) in [5.41, 5.74) is 10.3. The molecule has 0 fully saturated rings. The molecule has 0 aliphatic carbocycles. The summed E-state index contributed by atoms with van der Waals surface area (Å²) >= 11 is 1.70.